The van der Waals surface area contributed by atoms with Crippen LogP contribution >= 0.6 is 0 Å². The standard InChI is InChI=1S/C24H24F5N7/c25-18-5-4-17(10-19(18)26)35-8-1-9-36-23(35)32-22(33-36)31-21-14-2-3-15(21)13-34(12-14)16-6-7-30-20(11-16)24(27,28)29/h4-7,10-11,14-15,21H,1-3,8-9,12-13H2,(H,31,33)/t14-,15+,21+. The maximum atomic E-state index is 13.8. The van der Waals surface area contributed by atoms with Gasteiger partial charge < -0.3 is 15.1 Å². The van der Waals surface area contributed by atoms with Crippen LogP contribution in [0.3, 0.4) is 0 Å². The molecule has 0 radical (unpaired) electrons. The monoisotopic (exact) mass is 505 g/mol. The summed E-state index contributed by atoms with van der Waals surface area (Å²) in [5, 5.41) is 8.09. The second kappa shape index (κ2) is 8.59. The number of hydrogen-bond acceptors (Lipinski definition) is 6. The van der Waals surface area contributed by atoms with Crippen molar-refractivity contribution in [1.29, 1.82) is 0 Å². The molecule has 6 rings (SSSR count). The molecule has 2 bridgehead atoms. The predicted octanol–water partition coefficient (Wildman–Crippen LogP) is 4.84. The van der Waals surface area contributed by atoms with E-state index >= 15 is 0 Å². The fraction of sp³-hybridized carbons (Fsp3) is 0.458. The normalized spacial score (nSPS) is 23.6. The van der Waals surface area contributed by atoms with E-state index in [0.29, 0.717) is 49.5 Å². The Hall–Kier alpha value is -3.44. The lowest BCUT2D eigenvalue weighted by Crippen LogP contribution is -2.48. The summed E-state index contributed by atoms with van der Waals surface area (Å²) in [5.74, 6) is -0.317. The van der Waals surface area contributed by atoms with E-state index in [4.69, 9.17) is 0 Å². The van der Waals surface area contributed by atoms with Crippen LogP contribution in [-0.2, 0) is 12.7 Å². The average Bonchev–Trinajstić information content (AvgIpc) is 3.36. The number of rotatable bonds is 4. The van der Waals surface area contributed by atoms with Gasteiger partial charge in [-0.25, -0.2) is 13.5 Å². The van der Waals surface area contributed by atoms with Crippen LogP contribution in [-0.4, -0.2) is 45.4 Å². The van der Waals surface area contributed by atoms with Crippen LogP contribution in [0, 0.1) is 23.5 Å². The van der Waals surface area contributed by atoms with Gasteiger partial charge in [-0.1, -0.05) is 0 Å². The number of nitrogens with one attached hydrogen (secondary N) is 1. The van der Waals surface area contributed by atoms with Crippen LogP contribution in [0.1, 0.15) is 25.0 Å². The maximum absolute atomic E-state index is 13.8. The van der Waals surface area contributed by atoms with Gasteiger partial charge in [-0.3, -0.25) is 4.98 Å². The van der Waals surface area contributed by atoms with E-state index in [2.05, 4.69) is 20.4 Å². The molecule has 1 N–H and O–H groups in total. The molecule has 0 amide bonds. The number of hydrogen-bond donors (Lipinski definition) is 1. The third-order valence-electron chi connectivity index (χ3n) is 7.39. The number of nitrogens with zero attached hydrogens (tertiary/aromatic N) is 6. The summed E-state index contributed by atoms with van der Waals surface area (Å²) in [6.45, 7) is 2.53. The number of anilines is 4. The molecular weight excluding hydrogens is 481 g/mol. The smallest absolute Gasteiger partial charge is 0.371 e. The lowest BCUT2D eigenvalue weighted by Gasteiger charge is -2.39. The van der Waals surface area contributed by atoms with Crippen LogP contribution in [0.15, 0.2) is 36.5 Å². The Morgan fingerprint density at radius 3 is 2.42 bits per heavy atom. The molecule has 190 valence electrons. The molecule has 2 fully saturated rings. The molecule has 2 aromatic heterocycles. The third kappa shape index (κ3) is 4.11. The predicted molar refractivity (Wildman–Crippen MR) is 123 cm³/mol. The summed E-state index contributed by atoms with van der Waals surface area (Å²) in [5.41, 5.74) is 0.161. The second-order valence-electron chi connectivity index (χ2n) is 9.63. The number of fused-ring (bicyclic) bond motifs is 3. The molecule has 1 aromatic carbocycles. The molecule has 12 heteroatoms. The van der Waals surface area contributed by atoms with Gasteiger partial charge in [0.25, 0.3) is 0 Å². The van der Waals surface area contributed by atoms with Crippen molar-refractivity contribution >= 4 is 23.3 Å². The van der Waals surface area contributed by atoms with Crippen molar-refractivity contribution in [2.75, 3.05) is 34.8 Å². The van der Waals surface area contributed by atoms with E-state index in [1.807, 2.05) is 9.80 Å². The first-order chi connectivity index (χ1) is 17.3. The highest BCUT2D eigenvalue weighted by atomic mass is 19.4. The van der Waals surface area contributed by atoms with Crippen LogP contribution < -0.4 is 15.1 Å². The Bertz CT molecular complexity index is 1260. The number of aromatic nitrogens is 4. The van der Waals surface area contributed by atoms with Gasteiger partial charge in [0.15, 0.2) is 11.6 Å². The zero-order valence-electron chi connectivity index (χ0n) is 19.2. The second-order valence-corrected chi connectivity index (χ2v) is 9.63. The molecular formula is C24H24F5N7. The molecule has 3 aliphatic rings. The Kier molecular flexibility index (Phi) is 5.49. The third-order valence-corrected chi connectivity index (χ3v) is 7.39. The number of pyridine rings is 1. The summed E-state index contributed by atoms with van der Waals surface area (Å²) in [7, 11) is 0. The van der Waals surface area contributed by atoms with Gasteiger partial charge in [0.05, 0.1) is 0 Å². The van der Waals surface area contributed by atoms with Crippen molar-refractivity contribution in [3.8, 4) is 0 Å². The molecule has 0 unspecified atom stereocenters. The molecule has 2 aliphatic heterocycles. The summed E-state index contributed by atoms with van der Waals surface area (Å²) in [4.78, 5) is 12.0. The zero-order chi connectivity index (χ0) is 25.0. The highest BCUT2D eigenvalue weighted by molar-refractivity contribution is 5.59. The summed E-state index contributed by atoms with van der Waals surface area (Å²) in [6.07, 6.45) is -0.559. The topological polar surface area (TPSA) is 62.1 Å². The van der Waals surface area contributed by atoms with Crippen LogP contribution in [0.2, 0.25) is 0 Å². The Labute approximate surface area is 203 Å². The van der Waals surface area contributed by atoms with E-state index in [9.17, 15) is 22.0 Å². The minimum absolute atomic E-state index is 0.103. The number of aryl methyl sites for hydroxylation is 1. The van der Waals surface area contributed by atoms with E-state index < -0.39 is 23.5 Å². The van der Waals surface area contributed by atoms with Crippen LogP contribution in [0.5, 0.6) is 0 Å². The maximum Gasteiger partial charge on any atom is 0.433 e. The van der Waals surface area contributed by atoms with Gasteiger partial charge in [-0.05, 0) is 55.4 Å². The minimum Gasteiger partial charge on any atom is -0.371 e. The number of alkyl halides is 3. The van der Waals surface area contributed by atoms with Gasteiger partial charge >= 0.3 is 6.18 Å². The fourth-order valence-corrected chi connectivity index (χ4v) is 5.71. The lowest BCUT2D eigenvalue weighted by molar-refractivity contribution is -0.141. The van der Waals surface area contributed by atoms with Crippen molar-refractivity contribution < 1.29 is 22.0 Å². The van der Waals surface area contributed by atoms with Gasteiger partial charge in [-0.15, -0.1) is 5.10 Å². The number of benzene rings is 1. The first-order valence-corrected chi connectivity index (χ1v) is 12.0. The van der Waals surface area contributed by atoms with Crippen molar-refractivity contribution in [3.63, 3.8) is 0 Å². The first-order valence-electron chi connectivity index (χ1n) is 12.0. The average molecular weight is 505 g/mol. The Morgan fingerprint density at radius 2 is 1.69 bits per heavy atom. The Balaban J connectivity index is 1.19. The van der Waals surface area contributed by atoms with E-state index in [1.165, 1.54) is 12.3 Å². The molecule has 1 aliphatic carbocycles. The number of piperidine rings is 1. The van der Waals surface area contributed by atoms with E-state index in [-0.39, 0.29) is 17.9 Å². The summed E-state index contributed by atoms with van der Waals surface area (Å²) in [6, 6.07) is 6.63. The molecule has 1 saturated carbocycles. The highest BCUT2D eigenvalue weighted by Gasteiger charge is 2.43. The molecule has 3 atom stereocenters. The van der Waals surface area contributed by atoms with Crippen LogP contribution in [0.4, 0.5) is 45.2 Å². The molecule has 7 nitrogen and oxygen atoms in total. The van der Waals surface area contributed by atoms with Gasteiger partial charge in [-0.2, -0.15) is 18.2 Å². The first kappa shape index (κ1) is 23.0. The SMILES string of the molecule is Fc1ccc(N2CCCn3nc(N[C@H]4[C@@H]5CC[C@H]4CN(c4ccnc(C(F)(F)F)c4)C5)nc32)cc1F. The molecule has 36 heavy (non-hydrogen) atoms. The van der Waals surface area contributed by atoms with Crippen molar-refractivity contribution in [3.05, 3.63) is 53.9 Å². The van der Waals surface area contributed by atoms with Crippen LogP contribution in [0.25, 0.3) is 0 Å². The lowest BCUT2D eigenvalue weighted by atomic mass is 9.92. The summed E-state index contributed by atoms with van der Waals surface area (Å²) >= 11 is 0. The number of halogens is 5. The van der Waals surface area contributed by atoms with Crippen molar-refractivity contribution in [2.45, 2.75) is 38.0 Å². The molecule has 0 spiro atoms. The summed E-state index contributed by atoms with van der Waals surface area (Å²) < 4.78 is 68.4. The largest absolute Gasteiger partial charge is 0.433 e. The van der Waals surface area contributed by atoms with Gasteiger partial charge in [0.2, 0.25) is 11.9 Å². The van der Waals surface area contributed by atoms with Gasteiger partial charge in [0, 0.05) is 55.9 Å². The molecule has 3 aromatic rings. The van der Waals surface area contributed by atoms with Crippen molar-refractivity contribution in [1.82, 2.24) is 19.7 Å². The van der Waals surface area contributed by atoms with Crippen molar-refractivity contribution in [2.24, 2.45) is 11.8 Å². The Morgan fingerprint density at radius 1 is 0.917 bits per heavy atom. The molecule has 1 saturated heterocycles. The van der Waals surface area contributed by atoms with E-state index in [1.54, 1.807) is 10.7 Å². The quantitative estimate of drug-likeness (QED) is 0.513. The molecule has 4 heterocycles. The fourth-order valence-electron chi connectivity index (χ4n) is 5.71. The minimum atomic E-state index is -4.48. The van der Waals surface area contributed by atoms with Gasteiger partial charge in [0.1, 0.15) is 5.69 Å². The van der Waals surface area contributed by atoms with E-state index in [0.717, 1.165) is 37.5 Å². The highest BCUT2D eigenvalue weighted by Crippen LogP contribution is 2.41. The zero-order valence-corrected chi connectivity index (χ0v) is 19.2.